The predicted molar refractivity (Wildman–Crippen MR) is 129 cm³/mol. The second-order valence-electron chi connectivity index (χ2n) is 8.48. The molecule has 0 aromatic heterocycles. The number of ether oxygens (including phenoxy) is 1. The summed E-state index contributed by atoms with van der Waals surface area (Å²) < 4.78 is 6.36. The van der Waals surface area contributed by atoms with Crippen LogP contribution in [-0.2, 0) is 11.2 Å². The van der Waals surface area contributed by atoms with Gasteiger partial charge in [0.1, 0.15) is 12.3 Å². The van der Waals surface area contributed by atoms with Gasteiger partial charge in [-0.05, 0) is 29.5 Å². The number of nitrogens with zero attached hydrogens (tertiary/aromatic N) is 2. The van der Waals surface area contributed by atoms with Crippen LogP contribution < -0.4 is 0 Å². The van der Waals surface area contributed by atoms with Crippen molar-refractivity contribution in [2.45, 2.75) is 25.2 Å². The van der Waals surface area contributed by atoms with Crippen LogP contribution in [0.5, 0.6) is 0 Å². The Bertz CT molecular complexity index is 865. The lowest BCUT2D eigenvalue weighted by molar-refractivity contribution is -0.0628. The van der Waals surface area contributed by atoms with Crippen LogP contribution in [0.1, 0.15) is 29.2 Å². The first kappa shape index (κ1) is 22.7. The van der Waals surface area contributed by atoms with Gasteiger partial charge in [-0.3, -0.25) is 9.80 Å². The van der Waals surface area contributed by atoms with Gasteiger partial charge in [-0.15, -0.1) is 0 Å². The predicted octanol–water partition coefficient (Wildman–Crippen LogP) is 4.36. The van der Waals surface area contributed by atoms with E-state index in [2.05, 4.69) is 88.7 Å². The molecule has 0 spiro atoms. The summed E-state index contributed by atoms with van der Waals surface area (Å²) in [7, 11) is 0. The molecule has 1 atom stereocenters. The van der Waals surface area contributed by atoms with Crippen molar-refractivity contribution in [3.05, 3.63) is 108 Å². The maximum atomic E-state index is 10.6. The summed E-state index contributed by atoms with van der Waals surface area (Å²) >= 11 is 0. The second-order valence-corrected chi connectivity index (χ2v) is 8.48. The summed E-state index contributed by atoms with van der Waals surface area (Å²) in [5.74, 6) is 0. The standard InChI is InChI=1S/C28H34N2O2/c31-27-23-29(19-20-30(27)18-10-13-24-11-4-1-5-12-24)21-22-32-28(25-14-6-2-7-15-25)26-16-8-3-9-17-26/h1-9,11-12,14-17,27-28,31H,10,13,18-23H2. The van der Waals surface area contributed by atoms with Gasteiger partial charge in [0.15, 0.2) is 0 Å². The molecule has 4 heteroatoms. The van der Waals surface area contributed by atoms with E-state index in [-0.39, 0.29) is 6.10 Å². The number of aliphatic hydroxyl groups is 1. The highest BCUT2D eigenvalue weighted by Crippen LogP contribution is 2.25. The molecule has 168 valence electrons. The van der Waals surface area contributed by atoms with E-state index in [1.54, 1.807) is 0 Å². The summed E-state index contributed by atoms with van der Waals surface area (Å²) in [5.41, 5.74) is 3.70. The lowest BCUT2D eigenvalue weighted by Crippen LogP contribution is -2.53. The summed E-state index contributed by atoms with van der Waals surface area (Å²) in [4.78, 5) is 4.52. The van der Waals surface area contributed by atoms with E-state index in [0.717, 1.165) is 39.0 Å². The van der Waals surface area contributed by atoms with Gasteiger partial charge in [0.05, 0.1) is 6.61 Å². The summed E-state index contributed by atoms with van der Waals surface area (Å²) in [6.45, 7) is 4.94. The quantitative estimate of drug-likeness (QED) is 0.518. The monoisotopic (exact) mass is 430 g/mol. The van der Waals surface area contributed by atoms with Gasteiger partial charge < -0.3 is 9.84 Å². The SMILES string of the molecule is OC1CN(CCOC(c2ccccc2)c2ccccc2)CCN1CCCc1ccccc1. The number of aryl methyl sites for hydroxylation is 1. The zero-order chi connectivity index (χ0) is 22.0. The second kappa shape index (κ2) is 11.9. The first-order valence-electron chi connectivity index (χ1n) is 11.7. The van der Waals surface area contributed by atoms with Gasteiger partial charge in [0, 0.05) is 32.7 Å². The molecule has 0 radical (unpaired) electrons. The number of β-amino-alcohol motifs (C(OH)–C–C–N with tert-alkyl or cyclic N) is 1. The van der Waals surface area contributed by atoms with Crippen LogP contribution >= 0.6 is 0 Å². The van der Waals surface area contributed by atoms with Crippen LogP contribution in [0.2, 0.25) is 0 Å². The Morgan fingerprint density at radius 2 is 1.38 bits per heavy atom. The van der Waals surface area contributed by atoms with Crippen molar-refractivity contribution in [2.24, 2.45) is 0 Å². The molecule has 32 heavy (non-hydrogen) atoms. The van der Waals surface area contributed by atoms with Crippen LogP contribution in [0, 0.1) is 0 Å². The fraction of sp³-hybridized carbons (Fsp3) is 0.357. The zero-order valence-corrected chi connectivity index (χ0v) is 18.7. The summed E-state index contributed by atoms with van der Waals surface area (Å²) in [6.07, 6.45) is 1.65. The van der Waals surface area contributed by atoms with Crippen LogP contribution in [0.25, 0.3) is 0 Å². The number of hydrogen-bond donors (Lipinski definition) is 1. The van der Waals surface area contributed by atoms with Gasteiger partial charge in [-0.1, -0.05) is 91.0 Å². The molecule has 1 aliphatic rings. The molecule has 1 aliphatic heterocycles. The lowest BCUT2D eigenvalue weighted by atomic mass is 10.0. The van der Waals surface area contributed by atoms with E-state index in [0.29, 0.717) is 13.2 Å². The first-order chi connectivity index (χ1) is 15.8. The van der Waals surface area contributed by atoms with E-state index in [1.165, 1.54) is 16.7 Å². The smallest absolute Gasteiger partial charge is 0.120 e. The van der Waals surface area contributed by atoms with Crippen molar-refractivity contribution >= 4 is 0 Å². The Labute approximate surface area is 192 Å². The Morgan fingerprint density at radius 1 is 0.781 bits per heavy atom. The highest BCUT2D eigenvalue weighted by Gasteiger charge is 2.25. The Hall–Kier alpha value is -2.50. The molecular weight excluding hydrogens is 396 g/mol. The maximum Gasteiger partial charge on any atom is 0.120 e. The van der Waals surface area contributed by atoms with Crippen molar-refractivity contribution in [2.75, 3.05) is 39.3 Å². The Kier molecular flexibility index (Phi) is 8.46. The molecule has 1 fully saturated rings. The zero-order valence-electron chi connectivity index (χ0n) is 18.7. The summed E-state index contributed by atoms with van der Waals surface area (Å²) in [6, 6.07) is 31.4. The van der Waals surface area contributed by atoms with Gasteiger partial charge in [0.2, 0.25) is 0 Å². The number of hydrogen-bond acceptors (Lipinski definition) is 4. The first-order valence-corrected chi connectivity index (χ1v) is 11.7. The highest BCUT2D eigenvalue weighted by atomic mass is 16.5. The topological polar surface area (TPSA) is 35.9 Å². The number of rotatable bonds is 10. The highest BCUT2D eigenvalue weighted by molar-refractivity contribution is 5.29. The third-order valence-electron chi connectivity index (χ3n) is 6.20. The molecule has 1 saturated heterocycles. The van der Waals surface area contributed by atoms with Crippen LogP contribution in [0.3, 0.4) is 0 Å². The third-order valence-corrected chi connectivity index (χ3v) is 6.20. The Balaban J connectivity index is 1.23. The molecule has 0 saturated carbocycles. The molecule has 0 amide bonds. The van der Waals surface area contributed by atoms with Gasteiger partial charge in [-0.2, -0.15) is 0 Å². The third kappa shape index (κ3) is 6.50. The molecule has 3 aromatic rings. The molecule has 0 aliphatic carbocycles. The summed E-state index contributed by atoms with van der Waals surface area (Å²) in [5, 5.41) is 10.6. The minimum atomic E-state index is -0.404. The van der Waals surface area contributed by atoms with Gasteiger partial charge in [-0.25, -0.2) is 0 Å². The van der Waals surface area contributed by atoms with E-state index >= 15 is 0 Å². The molecule has 4 rings (SSSR count). The number of piperazine rings is 1. The van der Waals surface area contributed by atoms with Crippen molar-refractivity contribution in [3.8, 4) is 0 Å². The van der Waals surface area contributed by atoms with E-state index in [1.807, 2.05) is 12.1 Å². The Morgan fingerprint density at radius 3 is 1.97 bits per heavy atom. The minimum Gasteiger partial charge on any atom is -0.377 e. The van der Waals surface area contributed by atoms with E-state index < -0.39 is 6.23 Å². The molecule has 1 unspecified atom stereocenters. The molecule has 4 nitrogen and oxygen atoms in total. The maximum absolute atomic E-state index is 10.6. The van der Waals surface area contributed by atoms with Crippen LogP contribution in [0.15, 0.2) is 91.0 Å². The fourth-order valence-corrected chi connectivity index (χ4v) is 4.39. The van der Waals surface area contributed by atoms with Crippen molar-refractivity contribution < 1.29 is 9.84 Å². The van der Waals surface area contributed by atoms with Crippen molar-refractivity contribution in [3.63, 3.8) is 0 Å². The van der Waals surface area contributed by atoms with Crippen molar-refractivity contribution in [1.29, 1.82) is 0 Å². The fourth-order valence-electron chi connectivity index (χ4n) is 4.39. The molecule has 0 bridgehead atoms. The molecule has 1 N–H and O–H groups in total. The van der Waals surface area contributed by atoms with Crippen LogP contribution in [0.4, 0.5) is 0 Å². The van der Waals surface area contributed by atoms with E-state index in [4.69, 9.17) is 4.74 Å². The molecule has 3 aromatic carbocycles. The average molecular weight is 431 g/mol. The lowest BCUT2D eigenvalue weighted by Gasteiger charge is -2.38. The average Bonchev–Trinajstić information content (AvgIpc) is 2.85. The van der Waals surface area contributed by atoms with Gasteiger partial charge in [0.25, 0.3) is 0 Å². The van der Waals surface area contributed by atoms with Crippen LogP contribution in [-0.4, -0.2) is 60.5 Å². The number of benzene rings is 3. The molecular formula is C28H34N2O2. The van der Waals surface area contributed by atoms with E-state index in [9.17, 15) is 5.11 Å². The normalized spacial score (nSPS) is 17.6. The largest absolute Gasteiger partial charge is 0.377 e. The number of aliphatic hydroxyl groups excluding tert-OH is 1. The van der Waals surface area contributed by atoms with Crippen molar-refractivity contribution in [1.82, 2.24) is 9.80 Å². The minimum absolute atomic E-state index is 0.0680. The molecule has 1 heterocycles. The van der Waals surface area contributed by atoms with Gasteiger partial charge >= 0.3 is 0 Å².